The number of hydrogen-bond acceptors (Lipinski definition) is 6. The van der Waals surface area contributed by atoms with Gasteiger partial charge >= 0.3 is 0 Å². The Balaban J connectivity index is 2.06. The molecule has 2 heterocycles. The summed E-state index contributed by atoms with van der Waals surface area (Å²) in [6.45, 7) is 6.04. The average molecular weight is 363 g/mol. The van der Waals surface area contributed by atoms with Crippen molar-refractivity contribution in [2.24, 2.45) is 0 Å². The van der Waals surface area contributed by atoms with E-state index in [9.17, 15) is 4.79 Å². The fourth-order valence-electron chi connectivity index (χ4n) is 2.30. The highest BCUT2D eigenvalue weighted by atomic mass is 32.2. The summed E-state index contributed by atoms with van der Waals surface area (Å²) < 4.78 is 7.05. The number of pyridine rings is 1. The molecule has 0 bridgehead atoms. The zero-order chi connectivity index (χ0) is 18.1. The molecule has 1 amide bonds. The second-order valence-electron chi connectivity index (χ2n) is 5.59. The Kier molecular flexibility index (Phi) is 7.87. The number of ether oxygens (including phenoxy) is 1. The van der Waals surface area contributed by atoms with Gasteiger partial charge in [0, 0.05) is 44.8 Å². The molecule has 0 aliphatic carbocycles. The van der Waals surface area contributed by atoms with Crippen LogP contribution in [0.15, 0.2) is 29.7 Å². The van der Waals surface area contributed by atoms with E-state index in [1.54, 1.807) is 19.5 Å². The monoisotopic (exact) mass is 363 g/mol. The van der Waals surface area contributed by atoms with Crippen molar-refractivity contribution >= 4 is 17.7 Å². The quantitative estimate of drug-likeness (QED) is 0.515. The third-order valence-electron chi connectivity index (χ3n) is 3.58. The van der Waals surface area contributed by atoms with E-state index in [1.807, 2.05) is 19.1 Å². The molecule has 1 N–H and O–H groups in total. The molecule has 0 aromatic carbocycles. The molecule has 1 unspecified atom stereocenters. The highest BCUT2D eigenvalue weighted by Crippen LogP contribution is 2.26. The summed E-state index contributed by atoms with van der Waals surface area (Å²) in [6, 6.07) is 3.83. The van der Waals surface area contributed by atoms with Gasteiger partial charge in [-0.2, -0.15) is 0 Å². The molecule has 0 aliphatic rings. The molecule has 2 rings (SSSR count). The molecule has 2 aromatic rings. The second kappa shape index (κ2) is 10.1. The van der Waals surface area contributed by atoms with Crippen LogP contribution in [-0.2, 0) is 16.1 Å². The Hall–Kier alpha value is -1.93. The first-order valence-electron chi connectivity index (χ1n) is 8.44. The highest BCUT2D eigenvalue weighted by molar-refractivity contribution is 8.00. The Bertz CT molecular complexity index is 662. The van der Waals surface area contributed by atoms with Gasteiger partial charge in [-0.1, -0.05) is 18.7 Å². The Morgan fingerprint density at radius 3 is 2.80 bits per heavy atom. The van der Waals surface area contributed by atoms with Crippen molar-refractivity contribution in [2.75, 3.05) is 20.3 Å². The molecule has 8 heteroatoms. The van der Waals surface area contributed by atoms with Crippen molar-refractivity contribution in [1.82, 2.24) is 25.1 Å². The molecule has 0 spiro atoms. The first kappa shape index (κ1) is 19.4. The van der Waals surface area contributed by atoms with E-state index in [4.69, 9.17) is 4.74 Å². The van der Waals surface area contributed by atoms with Crippen molar-refractivity contribution in [1.29, 1.82) is 0 Å². The molecule has 0 aliphatic heterocycles. The van der Waals surface area contributed by atoms with Gasteiger partial charge in [0.25, 0.3) is 0 Å². The smallest absolute Gasteiger partial charge is 0.233 e. The molecule has 136 valence electrons. The number of methoxy groups -OCH3 is 1. The summed E-state index contributed by atoms with van der Waals surface area (Å²) >= 11 is 1.43. The van der Waals surface area contributed by atoms with Gasteiger partial charge in [-0.05, 0) is 31.9 Å². The molecule has 0 radical (unpaired) electrons. The van der Waals surface area contributed by atoms with Gasteiger partial charge in [-0.15, -0.1) is 10.2 Å². The number of thioether (sulfide) groups is 1. The lowest BCUT2D eigenvalue weighted by molar-refractivity contribution is -0.120. The van der Waals surface area contributed by atoms with Crippen LogP contribution in [0.25, 0.3) is 11.4 Å². The molecule has 1 atom stereocenters. The number of amides is 1. The van der Waals surface area contributed by atoms with Gasteiger partial charge in [0.15, 0.2) is 11.0 Å². The summed E-state index contributed by atoms with van der Waals surface area (Å²) in [5, 5.41) is 12.1. The van der Waals surface area contributed by atoms with Crippen molar-refractivity contribution in [2.45, 2.75) is 43.6 Å². The predicted octanol–water partition coefficient (Wildman–Crippen LogP) is 2.38. The van der Waals surface area contributed by atoms with Gasteiger partial charge in [-0.3, -0.25) is 9.78 Å². The Labute approximate surface area is 152 Å². The maximum Gasteiger partial charge on any atom is 0.233 e. The first-order valence-corrected chi connectivity index (χ1v) is 9.32. The van der Waals surface area contributed by atoms with Crippen LogP contribution < -0.4 is 5.32 Å². The molecule has 0 fully saturated rings. The fraction of sp³-hybridized carbons (Fsp3) is 0.529. The summed E-state index contributed by atoms with van der Waals surface area (Å²) in [5.41, 5.74) is 0.972. The minimum Gasteiger partial charge on any atom is -0.385 e. The Morgan fingerprint density at radius 2 is 2.12 bits per heavy atom. The highest BCUT2D eigenvalue weighted by Gasteiger charge is 2.20. The summed E-state index contributed by atoms with van der Waals surface area (Å²) in [5.74, 6) is 0.803. The zero-order valence-electron chi connectivity index (χ0n) is 14.9. The summed E-state index contributed by atoms with van der Waals surface area (Å²) in [4.78, 5) is 16.3. The van der Waals surface area contributed by atoms with Crippen LogP contribution in [0.4, 0.5) is 0 Å². The molecule has 7 nitrogen and oxygen atoms in total. The number of aromatic nitrogens is 4. The molecule has 25 heavy (non-hydrogen) atoms. The van der Waals surface area contributed by atoms with Crippen LogP contribution in [0, 0.1) is 0 Å². The minimum atomic E-state index is -0.243. The van der Waals surface area contributed by atoms with Crippen molar-refractivity contribution in [3.63, 3.8) is 0 Å². The maximum atomic E-state index is 12.2. The third kappa shape index (κ3) is 5.54. The number of nitrogens with zero attached hydrogens (tertiary/aromatic N) is 4. The Morgan fingerprint density at radius 1 is 1.36 bits per heavy atom. The number of hydrogen-bond donors (Lipinski definition) is 1. The lowest BCUT2D eigenvalue weighted by atomic mass is 10.2. The van der Waals surface area contributed by atoms with E-state index in [2.05, 4.69) is 32.0 Å². The van der Waals surface area contributed by atoms with E-state index in [0.29, 0.717) is 13.2 Å². The number of carbonyl (C=O) groups excluding carboxylic acids is 1. The molecule has 2 aromatic heterocycles. The molecular weight excluding hydrogens is 338 g/mol. The lowest BCUT2D eigenvalue weighted by Gasteiger charge is -2.13. The van der Waals surface area contributed by atoms with E-state index >= 15 is 0 Å². The van der Waals surface area contributed by atoms with Crippen molar-refractivity contribution in [3.8, 4) is 11.4 Å². The van der Waals surface area contributed by atoms with Crippen LogP contribution in [0.5, 0.6) is 0 Å². The lowest BCUT2D eigenvalue weighted by Crippen LogP contribution is -2.32. The summed E-state index contributed by atoms with van der Waals surface area (Å²) in [7, 11) is 1.65. The van der Waals surface area contributed by atoms with Crippen LogP contribution in [-0.4, -0.2) is 51.2 Å². The van der Waals surface area contributed by atoms with Gasteiger partial charge in [0.1, 0.15) is 0 Å². The standard InChI is InChI=1S/C17H25N5O2S/c1-4-11-22-15(14-6-9-18-10-7-14)20-21-17(22)25-13(2)16(23)19-8-5-12-24-3/h6-7,9-10,13H,4-5,8,11-12H2,1-3H3,(H,19,23). The van der Waals surface area contributed by atoms with Crippen molar-refractivity contribution < 1.29 is 9.53 Å². The fourth-order valence-corrected chi connectivity index (χ4v) is 3.20. The zero-order valence-corrected chi connectivity index (χ0v) is 15.8. The first-order chi connectivity index (χ1) is 12.2. The van der Waals surface area contributed by atoms with Crippen LogP contribution >= 0.6 is 11.8 Å². The maximum absolute atomic E-state index is 12.2. The minimum absolute atomic E-state index is 0.00221. The van der Waals surface area contributed by atoms with Gasteiger partial charge in [0.2, 0.25) is 5.91 Å². The number of rotatable bonds is 10. The van der Waals surface area contributed by atoms with Crippen molar-refractivity contribution in [3.05, 3.63) is 24.5 Å². The SMILES string of the molecule is CCCn1c(SC(C)C(=O)NCCCOC)nnc1-c1ccncc1. The largest absolute Gasteiger partial charge is 0.385 e. The average Bonchev–Trinajstić information content (AvgIpc) is 3.02. The third-order valence-corrected chi connectivity index (χ3v) is 4.66. The number of nitrogens with one attached hydrogen (secondary N) is 1. The molecular formula is C17H25N5O2S. The van der Waals surface area contributed by atoms with E-state index < -0.39 is 0 Å². The number of carbonyl (C=O) groups is 1. The molecule has 0 saturated carbocycles. The van der Waals surface area contributed by atoms with E-state index in [1.165, 1.54) is 11.8 Å². The van der Waals surface area contributed by atoms with Crippen LogP contribution in [0.1, 0.15) is 26.7 Å². The predicted molar refractivity (Wildman–Crippen MR) is 98.4 cm³/mol. The summed E-state index contributed by atoms with van der Waals surface area (Å²) in [6.07, 6.45) is 5.24. The molecule has 0 saturated heterocycles. The second-order valence-corrected chi connectivity index (χ2v) is 6.90. The normalized spacial score (nSPS) is 12.1. The van der Waals surface area contributed by atoms with Gasteiger partial charge in [-0.25, -0.2) is 0 Å². The van der Waals surface area contributed by atoms with Gasteiger partial charge in [0.05, 0.1) is 5.25 Å². The van der Waals surface area contributed by atoms with E-state index in [-0.39, 0.29) is 11.2 Å². The topological polar surface area (TPSA) is 81.9 Å². The van der Waals surface area contributed by atoms with Crippen LogP contribution in [0.3, 0.4) is 0 Å². The van der Waals surface area contributed by atoms with Gasteiger partial charge < -0.3 is 14.6 Å². The van der Waals surface area contributed by atoms with Crippen LogP contribution in [0.2, 0.25) is 0 Å². The van der Waals surface area contributed by atoms with E-state index in [0.717, 1.165) is 35.9 Å².